The minimum atomic E-state index is -0.332. The lowest BCUT2D eigenvalue weighted by Crippen LogP contribution is -2.29. The molecular weight excluding hydrogens is 262 g/mol. The fourth-order valence-corrected chi connectivity index (χ4v) is 2.76. The van der Waals surface area contributed by atoms with Crippen molar-refractivity contribution in [3.8, 4) is 0 Å². The smallest absolute Gasteiger partial charge is 0.237 e. The molecule has 1 saturated heterocycles. The zero-order chi connectivity index (χ0) is 14.8. The van der Waals surface area contributed by atoms with Crippen LogP contribution in [0.2, 0.25) is 0 Å². The molecule has 1 heterocycles. The van der Waals surface area contributed by atoms with Gasteiger partial charge in [0.05, 0.1) is 12.5 Å². The molecule has 0 bridgehead atoms. The molecule has 2 aromatic carbocycles. The molecule has 0 saturated carbocycles. The largest absolute Gasteiger partial charge is 0.278 e. The van der Waals surface area contributed by atoms with Crippen molar-refractivity contribution in [1.29, 1.82) is 0 Å². The average molecular weight is 279 g/mol. The first-order valence-electron chi connectivity index (χ1n) is 7.10. The molecule has 3 nitrogen and oxygen atoms in total. The maximum Gasteiger partial charge on any atom is 0.237 e. The minimum Gasteiger partial charge on any atom is -0.278 e. The molecule has 0 radical (unpaired) electrons. The van der Waals surface area contributed by atoms with Crippen molar-refractivity contribution in [1.82, 2.24) is 4.90 Å². The summed E-state index contributed by atoms with van der Waals surface area (Å²) in [6.07, 6.45) is 0.273. The molecule has 106 valence electrons. The van der Waals surface area contributed by atoms with Gasteiger partial charge in [0.15, 0.2) is 0 Å². The lowest BCUT2D eigenvalue weighted by Gasteiger charge is -2.15. The average Bonchev–Trinajstić information content (AvgIpc) is 2.76. The van der Waals surface area contributed by atoms with Crippen LogP contribution in [0.5, 0.6) is 0 Å². The van der Waals surface area contributed by atoms with E-state index in [9.17, 15) is 9.59 Å². The Bertz CT molecular complexity index is 679. The number of benzene rings is 2. The van der Waals surface area contributed by atoms with Gasteiger partial charge in [-0.1, -0.05) is 60.2 Å². The van der Waals surface area contributed by atoms with E-state index >= 15 is 0 Å². The van der Waals surface area contributed by atoms with Crippen molar-refractivity contribution >= 4 is 11.8 Å². The molecule has 0 spiro atoms. The van der Waals surface area contributed by atoms with E-state index in [0.29, 0.717) is 6.54 Å². The summed E-state index contributed by atoms with van der Waals surface area (Å²) >= 11 is 0. The number of amides is 2. The van der Waals surface area contributed by atoms with Gasteiger partial charge in [-0.15, -0.1) is 0 Å². The van der Waals surface area contributed by atoms with Gasteiger partial charge < -0.3 is 0 Å². The van der Waals surface area contributed by atoms with Crippen LogP contribution < -0.4 is 0 Å². The van der Waals surface area contributed by atoms with Crippen molar-refractivity contribution < 1.29 is 9.59 Å². The van der Waals surface area contributed by atoms with E-state index in [0.717, 1.165) is 16.7 Å². The number of aryl methyl sites for hydroxylation is 1. The normalized spacial score (nSPS) is 18.3. The molecule has 3 heteroatoms. The lowest BCUT2D eigenvalue weighted by atomic mass is 9.96. The Morgan fingerprint density at radius 2 is 1.81 bits per heavy atom. The van der Waals surface area contributed by atoms with Crippen LogP contribution in [0.1, 0.15) is 29.0 Å². The molecule has 0 aliphatic carbocycles. The molecule has 0 unspecified atom stereocenters. The van der Waals surface area contributed by atoms with E-state index in [1.165, 1.54) is 4.90 Å². The number of rotatable bonds is 3. The summed E-state index contributed by atoms with van der Waals surface area (Å²) in [5, 5.41) is 0. The van der Waals surface area contributed by atoms with Crippen LogP contribution in [-0.4, -0.2) is 16.7 Å². The van der Waals surface area contributed by atoms with Gasteiger partial charge in [0.2, 0.25) is 11.8 Å². The second-order valence-electron chi connectivity index (χ2n) is 5.47. The van der Waals surface area contributed by atoms with E-state index in [4.69, 9.17) is 0 Å². The van der Waals surface area contributed by atoms with Gasteiger partial charge >= 0.3 is 0 Å². The first-order chi connectivity index (χ1) is 10.1. The van der Waals surface area contributed by atoms with Crippen LogP contribution >= 0.6 is 0 Å². The summed E-state index contributed by atoms with van der Waals surface area (Å²) in [5.41, 5.74) is 3.02. The number of carbonyl (C=O) groups is 2. The first kappa shape index (κ1) is 13.6. The van der Waals surface area contributed by atoms with Gasteiger partial charge in [0, 0.05) is 6.42 Å². The zero-order valence-corrected chi connectivity index (χ0v) is 12.0. The summed E-state index contributed by atoms with van der Waals surface area (Å²) in [6.45, 7) is 2.35. The summed E-state index contributed by atoms with van der Waals surface area (Å²) in [4.78, 5) is 26.1. The molecular formula is C18H17NO2. The topological polar surface area (TPSA) is 37.4 Å². The molecule has 3 rings (SSSR count). The van der Waals surface area contributed by atoms with Gasteiger partial charge in [0.1, 0.15) is 0 Å². The van der Waals surface area contributed by atoms with Crippen LogP contribution in [0.3, 0.4) is 0 Å². The van der Waals surface area contributed by atoms with Crippen LogP contribution in [0, 0.1) is 6.92 Å². The highest BCUT2D eigenvalue weighted by Gasteiger charge is 2.39. The molecule has 2 amide bonds. The third kappa shape index (κ3) is 2.72. The molecule has 1 aliphatic heterocycles. The molecule has 2 aromatic rings. The number of nitrogens with zero attached hydrogens (tertiary/aromatic N) is 1. The summed E-state index contributed by atoms with van der Waals surface area (Å²) in [6, 6.07) is 17.5. The summed E-state index contributed by atoms with van der Waals surface area (Å²) in [5.74, 6) is -0.508. The summed E-state index contributed by atoms with van der Waals surface area (Å²) < 4.78 is 0. The van der Waals surface area contributed by atoms with E-state index < -0.39 is 0 Å². The second-order valence-corrected chi connectivity index (χ2v) is 5.47. The van der Waals surface area contributed by atoms with Crippen molar-refractivity contribution in [3.05, 3.63) is 71.3 Å². The minimum absolute atomic E-state index is 0.0876. The van der Waals surface area contributed by atoms with Crippen molar-refractivity contribution in [2.75, 3.05) is 0 Å². The fraction of sp³-hybridized carbons (Fsp3) is 0.222. The highest BCUT2D eigenvalue weighted by molar-refractivity contribution is 6.06. The number of imide groups is 1. The quantitative estimate of drug-likeness (QED) is 0.810. The number of hydrogen-bond donors (Lipinski definition) is 0. The van der Waals surface area contributed by atoms with Crippen molar-refractivity contribution in [3.63, 3.8) is 0 Å². The van der Waals surface area contributed by atoms with Gasteiger partial charge in [0.25, 0.3) is 0 Å². The van der Waals surface area contributed by atoms with Crippen molar-refractivity contribution in [2.24, 2.45) is 0 Å². The monoisotopic (exact) mass is 279 g/mol. The SMILES string of the molecule is Cc1cccc([C@H]2CC(=O)N(Cc3ccccc3)C2=O)c1. The van der Waals surface area contributed by atoms with Gasteiger partial charge in [-0.25, -0.2) is 0 Å². The van der Waals surface area contributed by atoms with Crippen LogP contribution in [0.25, 0.3) is 0 Å². The lowest BCUT2D eigenvalue weighted by molar-refractivity contribution is -0.139. The maximum atomic E-state index is 12.5. The molecule has 0 aromatic heterocycles. The van der Waals surface area contributed by atoms with Gasteiger partial charge in [-0.2, -0.15) is 0 Å². The predicted octanol–water partition coefficient (Wildman–Crippen LogP) is 3.04. The zero-order valence-electron chi connectivity index (χ0n) is 12.0. The Morgan fingerprint density at radius 1 is 1.05 bits per heavy atom. The van der Waals surface area contributed by atoms with E-state index in [1.54, 1.807) is 0 Å². The summed E-state index contributed by atoms with van der Waals surface area (Å²) in [7, 11) is 0. The number of hydrogen-bond acceptors (Lipinski definition) is 2. The number of carbonyl (C=O) groups excluding carboxylic acids is 2. The Labute approximate surface area is 124 Å². The highest BCUT2D eigenvalue weighted by atomic mass is 16.2. The van der Waals surface area contributed by atoms with Crippen molar-refractivity contribution in [2.45, 2.75) is 25.8 Å². The standard InChI is InChI=1S/C18H17NO2/c1-13-6-5-9-15(10-13)16-11-17(20)19(18(16)21)12-14-7-3-2-4-8-14/h2-10,16H,11-12H2,1H3/t16-/m1/s1. The highest BCUT2D eigenvalue weighted by Crippen LogP contribution is 2.31. The molecule has 1 aliphatic rings. The predicted molar refractivity (Wildman–Crippen MR) is 80.5 cm³/mol. The second kappa shape index (κ2) is 5.52. The fourth-order valence-electron chi connectivity index (χ4n) is 2.76. The van der Waals surface area contributed by atoms with Gasteiger partial charge in [-0.3, -0.25) is 14.5 Å². The van der Waals surface area contributed by atoms with E-state index in [2.05, 4.69) is 0 Å². The van der Waals surface area contributed by atoms with Crippen LogP contribution in [0.15, 0.2) is 54.6 Å². The first-order valence-corrected chi connectivity index (χ1v) is 7.10. The van der Waals surface area contributed by atoms with Crippen LogP contribution in [0.4, 0.5) is 0 Å². The van der Waals surface area contributed by atoms with Gasteiger partial charge in [-0.05, 0) is 18.1 Å². The van der Waals surface area contributed by atoms with Crippen LogP contribution in [-0.2, 0) is 16.1 Å². The Kier molecular flexibility index (Phi) is 3.57. The maximum absolute atomic E-state index is 12.5. The molecule has 1 fully saturated rings. The Balaban J connectivity index is 1.82. The molecule has 21 heavy (non-hydrogen) atoms. The Morgan fingerprint density at radius 3 is 2.52 bits per heavy atom. The number of likely N-dealkylation sites (tertiary alicyclic amines) is 1. The Hall–Kier alpha value is -2.42. The van der Waals surface area contributed by atoms with E-state index in [-0.39, 0.29) is 24.2 Å². The van der Waals surface area contributed by atoms with E-state index in [1.807, 2.05) is 61.5 Å². The molecule has 0 N–H and O–H groups in total. The molecule has 1 atom stereocenters. The third-order valence-corrected chi connectivity index (χ3v) is 3.87. The third-order valence-electron chi connectivity index (χ3n) is 3.87.